The summed E-state index contributed by atoms with van der Waals surface area (Å²) in [7, 11) is 0. The smallest absolute Gasteiger partial charge is 0.220 e. The van der Waals surface area contributed by atoms with E-state index in [1.54, 1.807) is 0 Å². The first-order valence-electron chi connectivity index (χ1n) is 10.2. The summed E-state index contributed by atoms with van der Waals surface area (Å²) in [5.41, 5.74) is 5.95. The van der Waals surface area contributed by atoms with Gasteiger partial charge in [0.25, 0.3) is 0 Å². The van der Waals surface area contributed by atoms with Crippen LogP contribution in [0.15, 0.2) is 79.0 Å². The second kappa shape index (κ2) is 9.19. The number of benzene rings is 3. The molecule has 30 heavy (non-hydrogen) atoms. The summed E-state index contributed by atoms with van der Waals surface area (Å²) in [6.45, 7) is 3.42. The number of nitrogens with zero attached hydrogens (tertiary/aromatic N) is 1. The number of hydrogen-bond donors (Lipinski definition) is 1. The fraction of sp³-hybridized carbons (Fsp3) is 0.192. The van der Waals surface area contributed by atoms with Crippen LogP contribution in [0, 0.1) is 6.92 Å². The highest BCUT2D eigenvalue weighted by Crippen LogP contribution is 2.24. The molecule has 0 spiro atoms. The van der Waals surface area contributed by atoms with Gasteiger partial charge in [-0.2, -0.15) is 0 Å². The van der Waals surface area contributed by atoms with Crippen molar-refractivity contribution >= 4 is 28.4 Å². The van der Waals surface area contributed by atoms with Crippen molar-refractivity contribution in [3.63, 3.8) is 0 Å². The Bertz CT molecular complexity index is 1160. The van der Waals surface area contributed by atoms with E-state index >= 15 is 0 Å². The van der Waals surface area contributed by atoms with E-state index in [1.165, 1.54) is 27.6 Å². The number of nitrogens with one attached hydrogen (secondary N) is 1. The summed E-state index contributed by atoms with van der Waals surface area (Å²) in [4.78, 5) is 12.4. The second-order valence-corrected chi connectivity index (χ2v) is 8.13. The van der Waals surface area contributed by atoms with E-state index in [2.05, 4.69) is 71.5 Å². The number of hydrogen-bond acceptors (Lipinski definition) is 1. The Labute approximate surface area is 182 Å². The lowest BCUT2D eigenvalue weighted by atomic mass is 10.1. The van der Waals surface area contributed by atoms with Crippen LogP contribution in [-0.2, 0) is 24.3 Å². The molecule has 4 rings (SSSR count). The lowest BCUT2D eigenvalue weighted by molar-refractivity contribution is -0.121. The van der Waals surface area contributed by atoms with E-state index in [4.69, 9.17) is 11.6 Å². The van der Waals surface area contributed by atoms with Crippen LogP contribution in [0.2, 0.25) is 5.02 Å². The summed E-state index contributed by atoms with van der Waals surface area (Å²) >= 11 is 6.01. The molecule has 1 heterocycles. The normalized spacial score (nSPS) is 11.0. The zero-order chi connectivity index (χ0) is 20.9. The van der Waals surface area contributed by atoms with Crippen molar-refractivity contribution in [2.24, 2.45) is 0 Å². The van der Waals surface area contributed by atoms with Gasteiger partial charge in [-0.3, -0.25) is 4.79 Å². The first-order valence-corrected chi connectivity index (χ1v) is 10.6. The van der Waals surface area contributed by atoms with Crippen LogP contribution in [0.3, 0.4) is 0 Å². The predicted octanol–water partition coefficient (Wildman–Crippen LogP) is 5.90. The zero-order valence-electron chi connectivity index (χ0n) is 17.1. The average Bonchev–Trinajstić information content (AvgIpc) is 3.10. The Balaban J connectivity index is 1.43. The maximum atomic E-state index is 12.4. The average molecular weight is 417 g/mol. The van der Waals surface area contributed by atoms with E-state index in [9.17, 15) is 4.79 Å². The lowest BCUT2D eigenvalue weighted by Crippen LogP contribution is -2.22. The standard InChI is InChI=1S/C26H25ClN2O/c1-19-9-11-20(12-10-19)17-29-18-22(24-7-2-3-8-25(24)29)13-14-26(30)28-16-21-5-4-6-23(27)15-21/h2-12,15,18H,13-14,16-17H2,1H3,(H,28,30). The molecule has 1 aromatic heterocycles. The minimum absolute atomic E-state index is 0.0466. The Hall–Kier alpha value is -3.04. The highest BCUT2D eigenvalue weighted by atomic mass is 35.5. The number of fused-ring (bicyclic) bond motifs is 1. The summed E-state index contributed by atoms with van der Waals surface area (Å²) in [6, 6.07) is 24.6. The molecule has 4 heteroatoms. The predicted molar refractivity (Wildman–Crippen MR) is 124 cm³/mol. The molecular formula is C26H25ClN2O. The number of rotatable bonds is 7. The Kier molecular flexibility index (Phi) is 6.20. The molecular weight excluding hydrogens is 392 g/mol. The van der Waals surface area contributed by atoms with E-state index in [0.29, 0.717) is 24.4 Å². The van der Waals surface area contributed by atoms with E-state index in [1.807, 2.05) is 24.3 Å². The molecule has 0 aliphatic rings. The number of para-hydroxylation sites is 1. The van der Waals surface area contributed by atoms with Gasteiger partial charge >= 0.3 is 0 Å². The van der Waals surface area contributed by atoms with Crippen LogP contribution in [-0.4, -0.2) is 10.5 Å². The Morgan fingerprint density at radius 3 is 2.57 bits per heavy atom. The number of amides is 1. The molecule has 0 saturated heterocycles. The molecule has 3 nitrogen and oxygen atoms in total. The van der Waals surface area contributed by atoms with Gasteiger partial charge in [0, 0.05) is 41.6 Å². The van der Waals surface area contributed by atoms with Gasteiger partial charge in [-0.05, 0) is 48.2 Å². The van der Waals surface area contributed by atoms with Gasteiger partial charge in [-0.1, -0.05) is 71.8 Å². The third-order valence-electron chi connectivity index (χ3n) is 5.34. The summed E-state index contributed by atoms with van der Waals surface area (Å²) in [5, 5.41) is 4.89. The van der Waals surface area contributed by atoms with E-state index in [0.717, 1.165) is 12.1 Å². The molecule has 0 atom stereocenters. The van der Waals surface area contributed by atoms with Gasteiger partial charge in [0.1, 0.15) is 0 Å². The number of carbonyl (C=O) groups is 1. The van der Waals surface area contributed by atoms with Gasteiger partial charge < -0.3 is 9.88 Å². The van der Waals surface area contributed by atoms with Gasteiger partial charge in [0.2, 0.25) is 5.91 Å². The number of carbonyl (C=O) groups excluding carboxylic acids is 1. The van der Waals surface area contributed by atoms with Crippen molar-refractivity contribution in [1.29, 1.82) is 0 Å². The van der Waals surface area contributed by atoms with Crippen LogP contribution >= 0.6 is 11.6 Å². The number of aryl methyl sites for hydroxylation is 2. The first kappa shape index (κ1) is 20.2. The molecule has 152 valence electrons. The van der Waals surface area contributed by atoms with Crippen molar-refractivity contribution in [3.05, 3.63) is 106 Å². The quantitative estimate of drug-likeness (QED) is 0.399. The molecule has 0 aliphatic carbocycles. The lowest BCUT2D eigenvalue weighted by Gasteiger charge is -2.06. The topological polar surface area (TPSA) is 34.0 Å². The molecule has 4 aromatic rings. The molecule has 0 aliphatic heterocycles. The Morgan fingerprint density at radius 2 is 1.77 bits per heavy atom. The van der Waals surface area contributed by atoms with E-state index < -0.39 is 0 Å². The van der Waals surface area contributed by atoms with Gasteiger partial charge in [0.15, 0.2) is 0 Å². The SMILES string of the molecule is Cc1ccc(Cn2cc(CCC(=O)NCc3cccc(Cl)c3)c3ccccc32)cc1. The minimum Gasteiger partial charge on any atom is -0.352 e. The van der Waals surface area contributed by atoms with Crippen LogP contribution in [0.5, 0.6) is 0 Å². The molecule has 1 N–H and O–H groups in total. The maximum Gasteiger partial charge on any atom is 0.220 e. The summed E-state index contributed by atoms with van der Waals surface area (Å²) < 4.78 is 2.28. The highest BCUT2D eigenvalue weighted by molar-refractivity contribution is 6.30. The van der Waals surface area contributed by atoms with Gasteiger partial charge in [0.05, 0.1) is 0 Å². The first-order chi connectivity index (χ1) is 14.6. The minimum atomic E-state index is 0.0466. The van der Waals surface area contributed by atoms with E-state index in [-0.39, 0.29) is 5.91 Å². The third kappa shape index (κ3) is 4.92. The molecule has 0 fully saturated rings. The maximum absolute atomic E-state index is 12.4. The number of aromatic nitrogens is 1. The van der Waals surface area contributed by atoms with Crippen molar-refractivity contribution in [1.82, 2.24) is 9.88 Å². The van der Waals surface area contributed by atoms with Crippen LogP contribution in [0.4, 0.5) is 0 Å². The van der Waals surface area contributed by atoms with Crippen molar-refractivity contribution < 1.29 is 4.79 Å². The fourth-order valence-electron chi connectivity index (χ4n) is 3.73. The highest BCUT2D eigenvalue weighted by Gasteiger charge is 2.11. The third-order valence-corrected chi connectivity index (χ3v) is 5.58. The molecule has 0 bridgehead atoms. The second-order valence-electron chi connectivity index (χ2n) is 7.69. The van der Waals surface area contributed by atoms with Gasteiger partial charge in [-0.15, -0.1) is 0 Å². The number of halogens is 1. The molecule has 0 radical (unpaired) electrons. The van der Waals surface area contributed by atoms with Crippen LogP contribution in [0.25, 0.3) is 10.9 Å². The largest absolute Gasteiger partial charge is 0.352 e. The van der Waals surface area contributed by atoms with Crippen molar-refractivity contribution in [2.75, 3.05) is 0 Å². The van der Waals surface area contributed by atoms with Crippen LogP contribution in [0.1, 0.15) is 28.7 Å². The fourth-order valence-corrected chi connectivity index (χ4v) is 3.94. The molecule has 0 unspecified atom stereocenters. The van der Waals surface area contributed by atoms with Gasteiger partial charge in [-0.25, -0.2) is 0 Å². The van der Waals surface area contributed by atoms with Crippen LogP contribution < -0.4 is 5.32 Å². The monoisotopic (exact) mass is 416 g/mol. The zero-order valence-corrected chi connectivity index (χ0v) is 17.8. The molecule has 1 amide bonds. The van der Waals surface area contributed by atoms with Crippen molar-refractivity contribution in [2.45, 2.75) is 32.9 Å². The summed E-state index contributed by atoms with van der Waals surface area (Å²) in [5.74, 6) is 0.0466. The molecule has 0 saturated carbocycles. The molecule has 3 aromatic carbocycles. The Morgan fingerprint density at radius 1 is 0.967 bits per heavy atom. The summed E-state index contributed by atoms with van der Waals surface area (Å²) in [6.07, 6.45) is 3.36. The van der Waals surface area contributed by atoms with Crippen molar-refractivity contribution in [3.8, 4) is 0 Å².